The van der Waals surface area contributed by atoms with Crippen molar-refractivity contribution in [2.45, 2.75) is 6.04 Å². The number of aromatic nitrogens is 2. The Hall–Kier alpha value is -4.04. The molecule has 0 saturated carbocycles. The summed E-state index contributed by atoms with van der Waals surface area (Å²) in [6, 6.07) is 14.0. The standard InChI is InChI=1S/C23H16ClN3O5/c1-31-17-11-12(8-9-13(17)24)20(28)18-19(16-7-4-10-32-16)27(22(30)21(18)29)23-25-14-5-2-3-6-15(14)26-23/h2-11,19,28H,1H3,(H,25,26)/b20-18+. The van der Waals surface area contributed by atoms with Gasteiger partial charge in [-0.3, -0.25) is 14.5 Å². The fourth-order valence-electron chi connectivity index (χ4n) is 3.78. The van der Waals surface area contributed by atoms with Gasteiger partial charge in [-0.05, 0) is 42.5 Å². The Morgan fingerprint density at radius 3 is 2.72 bits per heavy atom. The van der Waals surface area contributed by atoms with Gasteiger partial charge in [0.2, 0.25) is 5.95 Å². The Morgan fingerprint density at radius 1 is 1.19 bits per heavy atom. The highest BCUT2D eigenvalue weighted by Crippen LogP contribution is 2.42. The molecule has 0 radical (unpaired) electrons. The molecule has 0 spiro atoms. The number of nitrogens with zero attached hydrogens (tertiary/aromatic N) is 2. The van der Waals surface area contributed by atoms with Crippen molar-refractivity contribution < 1.29 is 23.8 Å². The fraction of sp³-hybridized carbons (Fsp3) is 0.0870. The van der Waals surface area contributed by atoms with Crippen LogP contribution in [0.3, 0.4) is 0 Å². The molecule has 1 aliphatic heterocycles. The molecular formula is C23H16ClN3O5. The van der Waals surface area contributed by atoms with E-state index in [4.69, 9.17) is 20.8 Å². The predicted molar refractivity (Wildman–Crippen MR) is 118 cm³/mol. The normalized spacial score (nSPS) is 17.9. The average molecular weight is 450 g/mol. The van der Waals surface area contributed by atoms with Gasteiger partial charge in [-0.1, -0.05) is 23.7 Å². The number of halogens is 1. The summed E-state index contributed by atoms with van der Waals surface area (Å²) in [6.45, 7) is 0. The lowest BCUT2D eigenvalue weighted by Gasteiger charge is -2.20. The Labute approximate surface area is 186 Å². The number of furan rings is 1. The summed E-state index contributed by atoms with van der Waals surface area (Å²) in [5.74, 6) is -1.30. The monoisotopic (exact) mass is 449 g/mol. The SMILES string of the molecule is COc1cc(/C(O)=C2\C(=O)C(=O)N(c3nc4ccccc4[nH]3)C2c2ccco2)ccc1Cl. The van der Waals surface area contributed by atoms with Crippen molar-refractivity contribution in [3.63, 3.8) is 0 Å². The second-order valence-corrected chi connectivity index (χ2v) is 7.52. The molecule has 1 unspecified atom stereocenters. The topological polar surface area (TPSA) is 109 Å². The van der Waals surface area contributed by atoms with Crippen LogP contribution in [-0.4, -0.2) is 33.9 Å². The Balaban J connectivity index is 1.71. The van der Waals surface area contributed by atoms with E-state index < -0.39 is 17.7 Å². The third-order valence-corrected chi connectivity index (χ3v) is 5.60. The second kappa shape index (κ2) is 7.58. The number of benzene rings is 2. The third kappa shape index (κ3) is 3.04. The first kappa shape index (κ1) is 19.9. The maximum Gasteiger partial charge on any atom is 0.302 e. The van der Waals surface area contributed by atoms with E-state index in [0.29, 0.717) is 27.6 Å². The largest absolute Gasteiger partial charge is 0.507 e. The lowest BCUT2D eigenvalue weighted by Crippen LogP contribution is -2.30. The highest BCUT2D eigenvalue weighted by atomic mass is 35.5. The number of H-pyrrole nitrogens is 1. The van der Waals surface area contributed by atoms with Crippen LogP contribution in [0.2, 0.25) is 5.02 Å². The van der Waals surface area contributed by atoms with E-state index in [1.807, 2.05) is 18.2 Å². The lowest BCUT2D eigenvalue weighted by molar-refractivity contribution is -0.132. The van der Waals surface area contributed by atoms with Gasteiger partial charge in [0, 0.05) is 5.56 Å². The van der Waals surface area contributed by atoms with Gasteiger partial charge in [-0.15, -0.1) is 0 Å². The molecule has 160 valence electrons. The van der Waals surface area contributed by atoms with Crippen molar-refractivity contribution in [2.24, 2.45) is 0 Å². The maximum atomic E-state index is 13.1. The molecule has 1 amide bonds. The van der Waals surface area contributed by atoms with Crippen LogP contribution in [0.5, 0.6) is 5.75 Å². The van der Waals surface area contributed by atoms with Crippen LogP contribution < -0.4 is 9.64 Å². The number of ether oxygens (including phenoxy) is 1. The molecule has 0 bridgehead atoms. The number of aliphatic hydroxyl groups is 1. The second-order valence-electron chi connectivity index (χ2n) is 7.11. The number of methoxy groups -OCH3 is 1. The molecule has 1 atom stereocenters. The fourth-order valence-corrected chi connectivity index (χ4v) is 3.98. The number of aromatic amines is 1. The van der Waals surface area contributed by atoms with Crippen LogP contribution >= 0.6 is 11.6 Å². The molecule has 1 saturated heterocycles. The number of hydrogen-bond acceptors (Lipinski definition) is 6. The van der Waals surface area contributed by atoms with Gasteiger partial charge in [0.15, 0.2) is 0 Å². The Kier molecular flexibility index (Phi) is 4.71. The molecule has 0 aliphatic carbocycles. The number of rotatable bonds is 4. The highest BCUT2D eigenvalue weighted by molar-refractivity contribution is 6.51. The molecule has 5 rings (SSSR count). The highest BCUT2D eigenvalue weighted by Gasteiger charge is 2.49. The number of carbonyl (C=O) groups is 2. The summed E-state index contributed by atoms with van der Waals surface area (Å²) in [7, 11) is 1.44. The van der Waals surface area contributed by atoms with E-state index in [1.165, 1.54) is 36.5 Å². The van der Waals surface area contributed by atoms with Gasteiger partial charge >= 0.3 is 5.91 Å². The summed E-state index contributed by atoms with van der Waals surface area (Å²) in [5, 5.41) is 11.4. The number of carbonyl (C=O) groups excluding carboxylic acids is 2. The van der Waals surface area contributed by atoms with Crippen LogP contribution in [0.4, 0.5) is 5.95 Å². The number of amides is 1. The number of ketones is 1. The molecular weight excluding hydrogens is 434 g/mol. The molecule has 8 nitrogen and oxygen atoms in total. The first-order chi connectivity index (χ1) is 15.5. The van der Waals surface area contributed by atoms with Crippen LogP contribution in [0, 0.1) is 0 Å². The predicted octanol–water partition coefficient (Wildman–Crippen LogP) is 4.44. The number of hydrogen-bond donors (Lipinski definition) is 2. The minimum Gasteiger partial charge on any atom is -0.507 e. The molecule has 2 aromatic heterocycles. The van der Waals surface area contributed by atoms with E-state index in [9.17, 15) is 14.7 Å². The number of anilines is 1. The first-order valence-electron chi connectivity index (χ1n) is 9.62. The average Bonchev–Trinajstić information content (AvgIpc) is 3.52. The van der Waals surface area contributed by atoms with Crippen LogP contribution in [0.1, 0.15) is 17.4 Å². The summed E-state index contributed by atoms with van der Waals surface area (Å²) < 4.78 is 10.7. The number of para-hydroxylation sites is 2. The summed E-state index contributed by atoms with van der Waals surface area (Å²) in [5.41, 5.74) is 1.47. The van der Waals surface area contributed by atoms with Crippen LogP contribution in [-0.2, 0) is 9.59 Å². The number of imidazole rings is 1. The van der Waals surface area contributed by atoms with Crippen molar-refractivity contribution in [2.75, 3.05) is 12.0 Å². The van der Waals surface area contributed by atoms with Crippen molar-refractivity contribution in [1.29, 1.82) is 0 Å². The van der Waals surface area contributed by atoms with Crippen molar-refractivity contribution in [3.05, 3.63) is 82.8 Å². The number of aliphatic hydroxyl groups excluding tert-OH is 1. The third-order valence-electron chi connectivity index (χ3n) is 5.29. The molecule has 2 aromatic carbocycles. The molecule has 1 fully saturated rings. The van der Waals surface area contributed by atoms with E-state index in [-0.39, 0.29) is 22.8 Å². The van der Waals surface area contributed by atoms with Crippen molar-refractivity contribution in [3.8, 4) is 5.75 Å². The first-order valence-corrected chi connectivity index (χ1v) is 10.0. The van der Waals surface area contributed by atoms with E-state index in [1.54, 1.807) is 18.2 Å². The van der Waals surface area contributed by atoms with Gasteiger partial charge in [-0.25, -0.2) is 4.98 Å². The van der Waals surface area contributed by atoms with Crippen LogP contribution in [0.15, 0.2) is 70.9 Å². The van der Waals surface area contributed by atoms with E-state index >= 15 is 0 Å². The van der Waals surface area contributed by atoms with Crippen molar-refractivity contribution in [1.82, 2.24) is 9.97 Å². The van der Waals surface area contributed by atoms with E-state index in [0.717, 1.165) is 0 Å². The maximum absolute atomic E-state index is 13.1. The Bertz CT molecular complexity index is 1360. The lowest BCUT2D eigenvalue weighted by atomic mass is 9.99. The minimum absolute atomic E-state index is 0.130. The zero-order valence-electron chi connectivity index (χ0n) is 16.7. The molecule has 32 heavy (non-hydrogen) atoms. The Morgan fingerprint density at radius 2 is 2.00 bits per heavy atom. The molecule has 1 aliphatic rings. The summed E-state index contributed by atoms with van der Waals surface area (Å²) in [4.78, 5) is 34.9. The van der Waals surface area contributed by atoms with Gasteiger partial charge in [0.25, 0.3) is 5.78 Å². The molecule has 9 heteroatoms. The van der Waals surface area contributed by atoms with Gasteiger partial charge in [0.1, 0.15) is 23.3 Å². The molecule has 3 heterocycles. The van der Waals surface area contributed by atoms with E-state index in [2.05, 4.69) is 9.97 Å². The smallest absolute Gasteiger partial charge is 0.302 e. The zero-order valence-corrected chi connectivity index (χ0v) is 17.5. The molecule has 2 N–H and O–H groups in total. The number of fused-ring (bicyclic) bond motifs is 1. The number of Topliss-reactive ketones (excluding diaryl/α,β-unsaturated/α-hetero) is 1. The van der Waals surface area contributed by atoms with Crippen molar-refractivity contribution >= 4 is 46.0 Å². The number of nitrogens with one attached hydrogen (secondary N) is 1. The van der Waals surface area contributed by atoms with Gasteiger partial charge in [0.05, 0.1) is 35.0 Å². The van der Waals surface area contributed by atoms with Gasteiger partial charge < -0.3 is 19.2 Å². The minimum atomic E-state index is -1.02. The van der Waals surface area contributed by atoms with Crippen LogP contribution in [0.25, 0.3) is 16.8 Å². The summed E-state index contributed by atoms with van der Waals surface area (Å²) >= 11 is 6.08. The quantitative estimate of drug-likeness (QED) is 0.271. The summed E-state index contributed by atoms with van der Waals surface area (Å²) in [6.07, 6.45) is 1.43. The van der Waals surface area contributed by atoms with Gasteiger partial charge in [-0.2, -0.15) is 0 Å². The molecule has 4 aromatic rings. The zero-order chi connectivity index (χ0) is 22.4.